The molecule has 11 heavy (non-hydrogen) atoms. The topological polar surface area (TPSA) is 25.2 Å². The first-order valence-corrected chi connectivity index (χ1v) is 3.72. The lowest BCUT2D eigenvalue weighted by Crippen LogP contribution is -1.78. The molecule has 0 atom stereocenters. The third kappa shape index (κ3) is 2.09. The summed E-state index contributed by atoms with van der Waals surface area (Å²) >= 11 is 10.2. The minimum atomic E-state index is 0.551. The van der Waals surface area contributed by atoms with Gasteiger partial charge in [0, 0.05) is 5.69 Å². The monoisotopic (exact) mass is 184 g/mol. The van der Waals surface area contributed by atoms with Gasteiger partial charge in [-0.25, -0.2) is 0 Å². The standard InChI is InChI=1S/C7H5ClN2S/c1-5-2-6(8)7(3-9-5)10-4-11/h2-3H,1H3. The zero-order chi connectivity index (χ0) is 8.27. The summed E-state index contributed by atoms with van der Waals surface area (Å²) in [5.41, 5.74) is 1.42. The Kier molecular flexibility index (Phi) is 2.71. The van der Waals surface area contributed by atoms with Crippen LogP contribution in [0.4, 0.5) is 5.69 Å². The van der Waals surface area contributed by atoms with E-state index in [0.29, 0.717) is 10.7 Å². The van der Waals surface area contributed by atoms with Gasteiger partial charge >= 0.3 is 0 Å². The number of nitrogens with zero attached hydrogens (tertiary/aromatic N) is 2. The zero-order valence-electron chi connectivity index (χ0n) is 5.84. The van der Waals surface area contributed by atoms with Crippen molar-refractivity contribution in [2.75, 3.05) is 0 Å². The lowest BCUT2D eigenvalue weighted by molar-refractivity contribution is 1.19. The summed E-state index contributed by atoms with van der Waals surface area (Å²) in [6, 6.07) is 1.73. The molecule has 1 heterocycles. The molecule has 1 rings (SSSR count). The Hall–Kier alpha value is -0.760. The number of isothiocyanates is 1. The fourth-order valence-corrected chi connectivity index (χ4v) is 0.998. The van der Waals surface area contributed by atoms with Gasteiger partial charge in [-0.1, -0.05) is 11.6 Å². The van der Waals surface area contributed by atoms with E-state index in [1.165, 1.54) is 0 Å². The van der Waals surface area contributed by atoms with E-state index in [4.69, 9.17) is 11.6 Å². The Morgan fingerprint density at radius 1 is 1.73 bits per heavy atom. The highest BCUT2D eigenvalue weighted by Crippen LogP contribution is 2.22. The van der Waals surface area contributed by atoms with Gasteiger partial charge in [0.2, 0.25) is 0 Å². The van der Waals surface area contributed by atoms with Gasteiger partial charge in [0.05, 0.1) is 16.4 Å². The number of hydrogen-bond acceptors (Lipinski definition) is 3. The van der Waals surface area contributed by atoms with E-state index in [2.05, 4.69) is 27.4 Å². The van der Waals surface area contributed by atoms with Crippen LogP contribution in [0.5, 0.6) is 0 Å². The van der Waals surface area contributed by atoms with Crippen molar-refractivity contribution in [3.8, 4) is 0 Å². The quantitative estimate of drug-likeness (QED) is 0.496. The van der Waals surface area contributed by atoms with E-state index in [0.717, 1.165) is 5.69 Å². The molecule has 0 aromatic carbocycles. The molecule has 0 radical (unpaired) electrons. The number of aryl methyl sites for hydroxylation is 1. The van der Waals surface area contributed by atoms with E-state index in [1.54, 1.807) is 12.3 Å². The Balaban J connectivity index is 3.19. The third-order valence-electron chi connectivity index (χ3n) is 1.14. The van der Waals surface area contributed by atoms with E-state index in [-0.39, 0.29) is 0 Å². The summed E-state index contributed by atoms with van der Waals surface area (Å²) in [5, 5.41) is 2.78. The maximum atomic E-state index is 5.79. The van der Waals surface area contributed by atoms with Gasteiger partial charge in [-0.2, -0.15) is 4.99 Å². The van der Waals surface area contributed by atoms with Crippen molar-refractivity contribution in [2.45, 2.75) is 6.92 Å². The number of thiocarbonyl (C=S) groups is 1. The molecule has 0 aliphatic rings. The number of rotatable bonds is 1. The van der Waals surface area contributed by atoms with Crippen LogP contribution in [0, 0.1) is 6.92 Å². The summed E-state index contributed by atoms with van der Waals surface area (Å²) in [7, 11) is 0. The minimum Gasteiger partial charge on any atom is -0.259 e. The minimum absolute atomic E-state index is 0.551. The van der Waals surface area contributed by atoms with Crippen molar-refractivity contribution < 1.29 is 0 Å². The lowest BCUT2D eigenvalue weighted by Gasteiger charge is -1.95. The summed E-state index contributed by atoms with van der Waals surface area (Å²) in [4.78, 5) is 7.71. The van der Waals surface area contributed by atoms with Gasteiger partial charge in [-0.3, -0.25) is 4.98 Å². The van der Waals surface area contributed by atoms with Gasteiger partial charge < -0.3 is 0 Å². The fraction of sp³-hybridized carbons (Fsp3) is 0.143. The molecule has 0 aliphatic heterocycles. The number of aromatic nitrogens is 1. The van der Waals surface area contributed by atoms with Gasteiger partial charge in [0.15, 0.2) is 0 Å². The second kappa shape index (κ2) is 3.58. The van der Waals surface area contributed by atoms with E-state index in [1.807, 2.05) is 6.92 Å². The van der Waals surface area contributed by atoms with Gasteiger partial charge in [0.1, 0.15) is 5.69 Å². The molecule has 0 spiro atoms. The van der Waals surface area contributed by atoms with Crippen LogP contribution in [0.3, 0.4) is 0 Å². The number of pyridine rings is 1. The van der Waals surface area contributed by atoms with Crippen LogP contribution in [0.25, 0.3) is 0 Å². The van der Waals surface area contributed by atoms with E-state index >= 15 is 0 Å². The molecule has 2 nitrogen and oxygen atoms in total. The Labute approximate surface area is 74.9 Å². The SMILES string of the molecule is Cc1cc(Cl)c(N=C=S)cn1. The second-order valence-electron chi connectivity index (χ2n) is 1.98. The molecule has 0 saturated carbocycles. The van der Waals surface area contributed by atoms with Gasteiger partial charge in [-0.05, 0) is 25.2 Å². The summed E-state index contributed by atoms with van der Waals surface area (Å²) < 4.78 is 0. The van der Waals surface area contributed by atoms with Gasteiger partial charge in [0.25, 0.3) is 0 Å². The smallest absolute Gasteiger partial charge is 0.111 e. The average Bonchev–Trinajstić information content (AvgIpc) is 1.95. The van der Waals surface area contributed by atoms with Crippen molar-refractivity contribution in [2.24, 2.45) is 4.99 Å². The molecule has 0 bridgehead atoms. The first-order chi connectivity index (χ1) is 5.24. The lowest BCUT2D eigenvalue weighted by atomic mass is 10.3. The van der Waals surface area contributed by atoms with Crippen molar-refractivity contribution >= 4 is 34.7 Å². The molecule has 0 aliphatic carbocycles. The van der Waals surface area contributed by atoms with Crippen molar-refractivity contribution in [3.63, 3.8) is 0 Å². The number of aliphatic imine (C=N–C) groups is 1. The molecule has 0 N–H and O–H groups in total. The Bertz CT molecular complexity index is 318. The molecular formula is C7H5ClN2S. The van der Waals surface area contributed by atoms with Crippen molar-refractivity contribution in [3.05, 3.63) is 23.0 Å². The summed E-state index contributed by atoms with van der Waals surface area (Å²) in [6.07, 6.45) is 1.57. The number of hydrogen-bond donors (Lipinski definition) is 0. The molecule has 1 aromatic rings. The zero-order valence-corrected chi connectivity index (χ0v) is 7.41. The van der Waals surface area contributed by atoms with Crippen LogP contribution in [-0.2, 0) is 0 Å². The van der Waals surface area contributed by atoms with Crippen LogP contribution in [0.1, 0.15) is 5.69 Å². The first-order valence-electron chi connectivity index (χ1n) is 2.94. The Morgan fingerprint density at radius 2 is 2.45 bits per heavy atom. The fourth-order valence-electron chi connectivity index (χ4n) is 0.651. The Morgan fingerprint density at radius 3 is 3.00 bits per heavy atom. The predicted octanol–water partition coefficient (Wildman–Crippen LogP) is 2.78. The normalized spacial score (nSPS) is 8.91. The number of halogens is 1. The van der Waals surface area contributed by atoms with E-state index in [9.17, 15) is 0 Å². The van der Waals surface area contributed by atoms with E-state index < -0.39 is 0 Å². The van der Waals surface area contributed by atoms with Crippen LogP contribution >= 0.6 is 23.8 Å². The van der Waals surface area contributed by atoms with Crippen LogP contribution in [0.2, 0.25) is 5.02 Å². The highest BCUT2D eigenvalue weighted by molar-refractivity contribution is 7.78. The molecular weight excluding hydrogens is 180 g/mol. The predicted molar refractivity (Wildman–Crippen MR) is 48.7 cm³/mol. The maximum Gasteiger partial charge on any atom is 0.111 e. The maximum absolute atomic E-state index is 5.79. The molecule has 0 amide bonds. The van der Waals surface area contributed by atoms with Gasteiger partial charge in [-0.15, -0.1) is 0 Å². The van der Waals surface area contributed by atoms with Crippen LogP contribution in [-0.4, -0.2) is 10.1 Å². The van der Waals surface area contributed by atoms with Crippen LogP contribution < -0.4 is 0 Å². The first kappa shape index (κ1) is 8.34. The molecule has 4 heteroatoms. The second-order valence-corrected chi connectivity index (χ2v) is 2.57. The average molecular weight is 185 g/mol. The molecule has 1 aromatic heterocycles. The largest absolute Gasteiger partial charge is 0.259 e. The summed E-state index contributed by atoms with van der Waals surface area (Å²) in [6.45, 7) is 1.86. The van der Waals surface area contributed by atoms with Crippen molar-refractivity contribution in [1.29, 1.82) is 0 Å². The molecule has 56 valence electrons. The highest BCUT2D eigenvalue weighted by atomic mass is 35.5. The molecule has 0 saturated heterocycles. The highest BCUT2D eigenvalue weighted by Gasteiger charge is 1.97. The van der Waals surface area contributed by atoms with Crippen LogP contribution in [0.15, 0.2) is 17.3 Å². The third-order valence-corrected chi connectivity index (χ3v) is 1.53. The molecule has 0 unspecified atom stereocenters. The molecule has 0 fully saturated rings. The van der Waals surface area contributed by atoms with Crippen molar-refractivity contribution in [1.82, 2.24) is 4.98 Å². The summed E-state index contributed by atoms with van der Waals surface area (Å²) in [5.74, 6) is 0.